The molecule has 0 unspecified atom stereocenters. The summed E-state index contributed by atoms with van der Waals surface area (Å²) in [6.45, 7) is 1.81. The first-order valence-corrected chi connectivity index (χ1v) is 10.00. The number of cyclic esters (lactones) is 1. The molecule has 1 N–H and O–H groups in total. The first kappa shape index (κ1) is 21.8. The van der Waals surface area contributed by atoms with E-state index in [0.29, 0.717) is 5.57 Å². The van der Waals surface area contributed by atoms with Crippen molar-refractivity contribution in [1.82, 2.24) is 10.1 Å². The lowest BCUT2D eigenvalue weighted by Gasteiger charge is -2.28. The van der Waals surface area contributed by atoms with Gasteiger partial charge in [0.1, 0.15) is 30.6 Å². The van der Waals surface area contributed by atoms with Gasteiger partial charge in [-0.3, -0.25) is 9.69 Å². The fourth-order valence-electron chi connectivity index (χ4n) is 3.66. The van der Waals surface area contributed by atoms with Crippen LogP contribution in [-0.4, -0.2) is 65.6 Å². The summed E-state index contributed by atoms with van der Waals surface area (Å²) in [5.74, 6) is -1.85. The molecule has 11 heteroatoms. The van der Waals surface area contributed by atoms with E-state index in [4.69, 9.17) is 9.47 Å². The molecule has 0 aliphatic carbocycles. The average Bonchev–Trinajstić information content (AvgIpc) is 3.41. The highest BCUT2D eigenvalue weighted by molar-refractivity contribution is 5.90. The zero-order valence-corrected chi connectivity index (χ0v) is 17.2. The molecule has 2 aliphatic heterocycles. The third-order valence-corrected chi connectivity index (χ3v) is 5.24. The molecule has 1 saturated heterocycles. The van der Waals surface area contributed by atoms with Gasteiger partial charge in [0.25, 0.3) is 11.8 Å². The first-order chi connectivity index (χ1) is 15.3. The number of aliphatic hydroxyl groups is 1. The molecule has 3 heterocycles. The van der Waals surface area contributed by atoms with Crippen molar-refractivity contribution >= 4 is 23.3 Å². The summed E-state index contributed by atoms with van der Waals surface area (Å²) in [5, 5.41) is 13.0. The summed E-state index contributed by atoms with van der Waals surface area (Å²) >= 11 is 0. The van der Waals surface area contributed by atoms with Crippen LogP contribution in [0.25, 0.3) is 5.57 Å². The SMILES string of the molecule is C[C@@H](O)C(=O)N1CC=C(c2c(F)cc(N3C[C@H](COc4ccon4)OC3=O)cc2F)CC1. The van der Waals surface area contributed by atoms with Crippen molar-refractivity contribution in [3.05, 3.63) is 47.7 Å². The standard InChI is InChI=1S/C21H21F2N3O6/c1-12(27)20(28)25-5-2-13(3-6-25)19-16(22)8-14(9-17(19)23)26-10-15(32-21(26)29)11-30-18-4-7-31-24-18/h2,4,7-9,12,15,27H,3,5-6,10-11H2,1H3/t12-,15-/m1/s1. The van der Waals surface area contributed by atoms with Crippen LogP contribution in [0.1, 0.15) is 18.9 Å². The number of hydrogen-bond donors (Lipinski definition) is 1. The maximum Gasteiger partial charge on any atom is 0.414 e. The van der Waals surface area contributed by atoms with Gasteiger partial charge < -0.3 is 24.0 Å². The minimum atomic E-state index is -1.14. The van der Waals surface area contributed by atoms with Crippen molar-refractivity contribution in [2.24, 2.45) is 0 Å². The number of ether oxygens (including phenoxy) is 2. The molecule has 4 rings (SSSR count). The number of anilines is 1. The van der Waals surface area contributed by atoms with Crippen LogP contribution in [0.3, 0.4) is 0 Å². The Labute approximate surface area is 181 Å². The minimum Gasteiger partial charge on any atom is -0.471 e. The third kappa shape index (κ3) is 4.42. The van der Waals surface area contributed by atoms with E-state index in [2.05, 4.69) is 9.68 Å². The van der Waals surface area contributed by atoms with Crippen LogP contribution in [0.4, 0.5) is 19.3 Å². The Morgan fingerprint density at radius 3 is 2.72 bits per heavy atom. The summed E-state index contributed by atoms with van der Waals surface area (Å²) in [4.78, 5) is 26.6. The smallest absolute Gasteiger partial charge is 0.414 e. The van der Waals surface area contributed by atoms with Crippen LogP contribution in [0.15, 0.2) is 35.1 Å². The Balaban J connectivity index is 1.46. The molecule has 2 aliphatic rings. The molecule has 0 saturated carbocycles. The number of amides is 2. The van der Waals surface area contributed by atoms with Crippen LogP contribution in [0, 0.1) is 11.6 Å². The second kappa shape index (κ2) is 8.95. The zero-order valence-electron chi connectivity index (χ0n) is 17.2. The van der Waals surface area contributed by atoms with Gasteiger partial charge in [0.15, 0.2) is 6.10 Å². The molecule has 9 nitrogen and oxygen atoms in total. The summed E-state index contributed by atoms with van der Waals surface area (Å²) in [7, 11) is 0. The molecule has 2 aromatic rings. The number of rotatable bonds is 6. The monoisotopic (exact) mass is 449 g/mol. The highest BCUT2D eigenvalue weighted by atomic mass is 19.1. The number of carbonyl (C=O) groups excluding carboxylic acids is 2. The average molecular weight is 449 g/mol. The molecule has 2 atom stereocenters. The molecule has 0 bridgehead atoms. The van der Waals surface area contributed by atoms with E-state index in [1.165, 1.54) is 24.2 Å². The van der Waals surface area contributed by atoms with E-state index in [1.54, 1.807) is 6.08 Å². The van der Waals surface area contributed by atoms with Crippen LogP contribution in [-0.2, 0) is 9.53 Å². The molecule has 170 valence electrons. The van der Waals surface area contributed by atoms with Gasteiger partial charge in [0, 0.05) is 24.7 Å². The maximum atomic E-state index is 14.9. The third-order valence-electron chi connectivity index (χ3n) is 5.24. The number of benzene rings is 1. The lowest BCUT2D eigenvalue weighted by molar-refractivity contribution is -0.138. The van der Waals surface area contributed by atoms with E-state index in [0.717, 1.165) is 17.0 Å². The number of nitrogens with zero attached hydrogens (tertiary/aromatic N) is 3. The second-order valence-corrected chi connectivity index (χ2v) is 7.49. The van der Waals surface area contributed by atoms with Gasteiger partial charge in [-0.1, -0.05) is 6.08 Å². The van der Waals surface area contributed by atoms with Gasteiger partial charge in [-0.25, -0.2) is 13.6 Å². The Kier molecular flexibility index (Phi) is 6.08. The van der Waals surface area contributed by atoms with Crippen molar-refractivity contribution < 1.29 is 37.5 Å². The Morgan fingerprint density at radius 2 is 2.12 bits per heavy atom. The Morgan fingerprint density at radius 1 is 1.38 bits per heavy atom. The highest BCUT2D eigenvalue weighted by Gasteiger charge is 2.34. The molecule has 1 fully saturated rings. The molecule has 2 amide bonds. The van der Waals surface area contributed by atoms with Gasteiger partial charge in [-0.15, -0.1) is 0 Å². The molecule has 0 radical (unpaired) electrons. The van der Waals surface area contributed by atoms with Gasteiger partial charge in [0.2, 0.25) is 0 Å². The second-order valence-electron chi connectivity index (χ2n) is 7.49. The lowest BCUT2D eigenvalue weighted by atomic mass is 9.97. The predicted octanol–water partition coefficient (Wildman–Crippen LogP) is 2.35. The van der Waals surface area contributed by atoms with E-state index in [1.807, 2.05) is 0 Å². The van der Waals surface area contributed by atoms with Crippen LogP contribution in [0.2, 0.25) is 0 Å². The highest BCUT2D eigenvalue weighted by Crippen LogP contribution is 2.32. The summed E-state index contributed by atoms with van der Waals surface area (Å²) in [5.41, 5.74) is 0.250. The van der Waals surface area contributed by atoms with Crippen molar-refractivity contribution in [3.63, 3.8) is 0 Å². The van der Waals surface area contributed by atoms with Crippen molar-refractivity contribution in [2.75, 3.05) is 31.1 Å². The normalized spacial score (nSPS) is 19.6. The summed E-state index contributed by atoms with van der Waals surface area (Å²) in [6.07, 6.45) is 0.603. The fraction of sp³-hybridized carbons (Fsp3) is 0.381. The van der Waals surface area contributed by atoms with Crippen LogP contribution >= 0.6 is 0 Å². The number of halogens is 2. The van der Waals surface area contributed by atoms with Gasteiger partial charge in [0.05, 0.1) is 12.2 Å². The minimum absolute atomic E-state index is 0.00633. The largest absolute Gasteiger partial charge is 0.471 e. The van der Waals surface area contributed by atoms with E-state index in [-0.39, 0.29) is 49.8 Å². The molecular formula is C21H21F2N3O6. The molecule has 1 aromatic carbocycles. The van der Waals surface area contributed by atoms with E-state index < -0.39 is 35.8 Å². The quantitative estimate of drug-likeness (QED) is 0.722. The number of carbonyl (C=O) groups is 2. The molecule has 1 aromatic heterocycles. The number of aromatic nitrogens is 1. The van der Waals surface area contributed by atoms with Gasteiger partial charge in [-0.05, 0) is 36.2 Å². The van der Waals surface area contributed by atoms with E-state index >= 15 is 0 Å². The van der Waals surface area contributed by atoms with Crippen LogP contribution in [0.5, 0.6) is 5.88 Å². The van der Waals surface area contributed by atoms with Crippen molar-refractivity contribution in [2.45, 2.75) is 25.6 Å². The van der Waals surface area contributed by atoms with Crippen LogP contribution < -0.4 is 9.64 Å². The van der Waals surface area contributed by atoms with E-state index in [9.17, 15) is 23.5 Å². The number of aliphatic hydroxyl groups excluding tert-OH is 1. The predicted molar refractivity (Wildman–Crippen MR) is 107 cm³/mol. The molecule has 0 spiro atoms. The van der Waals surface area contributed by atoms with Gasteiger partial charge >= 0.3 is 6.09 Å². The summed E-state index contributed by atoms with van der Waals surface area (Å²) in [6, 6.07) is 3.65. The number of hydrogen-bond acceptors (Lipinski definition) is 7. The zero-order chi connectivity index (χ0) is 22.8. The molecular weight excluding hydrogens is 428 g/mol. The maximum absolute atomic E-state index is 14.9. The Bertz CT molecular complexity index is 1020. The molecule has 32 heavy (non-hydrogen) atoms. The lowest BCUT2D eigenvalue weighted by Crippen LogP contribution is -2.40. The van der Waals surface area contributed by atoms with Crippen molar-refractivity contribution in [1.29, 1.82) is 0 Å². The first-order valence-electron chi connectivity index (χ1n) is 10.00. The summed E-state index contributed by atoms with van der Waals surface area (Å²) < 4.78 is 44.9. The fourth-order valence-corrected chi connectivity index (χ4v) is 3.66. The Hall–Kier alpha value is -3.47. The van der Waals surface area contributed by atoms with Crippen molar-refractivity contribution in [3.8, 4) is 5.88 Å². The topological polar surface area (TPSA) is 105 Å². The van der Waals surface area contributed by atoms with Gasteiger partial charge in [-0.2, -0.15) is 0 Å².